The Bertz CT molecular complexity index is 906. The first-order valence-electron chi connectivity index (χ1n) is 8.15. The SMILES string of the molecule is Cc1c(NC(=O)c2cc(F)cc3ccoc23)cnn1C1CCCC1. The quantitative estimate of drug-likeness (QED) is 0.773. The van der Waals surface area contributed by atoms with Gasteiger partial charge in [-0.2, -0.15) is 5.10 Å². The van der Waals surface area contributed by atoms with Crippen LogP contribution >= 0.6 is 0 Å². The van der Waals surface area contributed by atoms with Crippen LogP contribution in [0.3, 0.4) is 0 Å². The Balaban J connectivity index is 1.63. The standard InChI is InChI=1S/C18H18FN3O2/c1-11-16(10-20-22(11)14-4-2-3-5-14)21-18(23)15-9-13(19)8-12-6-7-24-17(12)15/h6-10,14H,2-5H2,1H3,(H,21,23). The van der Waals surface area contributed by atoms with Gasteiger partial charge in [0.05, 0.1) is 35.4 Å². The first-order chi connectivity index (χ1) is 11.6. The average molecular weight is 327 g/mol. The normalized spacial score (nSPS) is 15.2. The van der Waals surface area contributed by atoms with Gasteiger partial charge in [0.1, 0.15) is 11.4 Å². The highest BCUT2D eigenvalue weighted by Gasteiger charge is 2.22. The molecule has 1 fully saturated rings. The maximum Gasteiger partial charge on any atom is 0.259 e. The number of hydrogen-bond acceptors (Lipinski definition) is 3. The summed E-state index contributed by atoms with van der Waals surface area (Å²) in [5, 5.41) is 7.82. The van der Waals surface area contributed by atoms with Crippen molar-refractivity contribution in [1.82, 2.24) is 9.78 Å². The zero-order valence-corrected chi connectivity index (χ0v) is 13.4. The number of halogens is 1. The second kappa shape index (κ2) is 5.78. The fraction of sp³-hybridized carbons (Fsp3) is 0.333. The lowest BCUT2D eigenvalue weighted by Gasteiger charge is -2.12. The van der Waals surface area contributed by atoms with Crippen molar-refractivity contribution in [3.8, 4) is 0 Å². The van der Waals surface area contributed by atoms with E-state index in [-0.39, 0.29) is 5.56 Å². The van der Waals surface area contributed by atoms with Gasteiger partial charge in [-0.25, -0.2) is 4.39 Å². The van der Waals surface area contributed by atoms with Crippen LogP contribution in [0, 0.1) is 12.7 Å². The minimum Gasteiger partial charge on any atom is -0.464 e. The van der Waals surface area contributed by atoms with Gasteiger partial charge in [-0.3, -0.25) is 9.48 Å². The number of benzene rings is 1. The van der Waals surface area contributed by atoms with Crippen LogP contribution in [0.15, 0.2) is 35.1 Å². The maximum absolute atomic E-state index is 13.7. The van der Waals surface area contributed by atoms with Crippen molar-refractivity contribution in [2.45, 2.75) is 38.6 Å². The third-order valence-corrected chi connectivity index (χ3v) is 4.72. The van der Waals surface area contributed by atoms with Crippen LogP contribution in [-0.4, -0.2) is 15.7 Å². The number of fused-ring (bicyclic) bond motifs is 1. The third-order valence-electron chi connectivity index (χ3n) is 4.72. The molecule has 24 heavy (non-hydrogen) atoms. The van der Waals surface area contributed by atoms with Crippen LogP contribution in [0.4, 0.5) is 10.1 Å². The number of nitrogens with zero attached hydrogens (tertiary/aromatic N) is 2. The van der Waals surface area contributed by atoms with Crippen molar-refractivity contribution in [3.63, 3.8) is 0 Å². The maximum atomic E-state index is 13.7. The first-order valence-corrected chi connectivity index (χ1v) is 8.15. The number of nitrogens with one attached hydrogen (secondary N) is 1. The molecule has 1 N–H and O–H groups in total. The molecule has 3 aromatic rings. The molecule has 1 saturated carbocycles. The topological polar surface area (TPSA) is 60.1 Å². The van der Waals surface area contributed by atoms with E-state index in [9.17, 15) is 9.18 Å². The van der Waals surface area contributed by atoms with Crippen molar-refractivity contribution in [2.75, 3.05) is 5.32 Å². The van der Waals surface area contributed by atoms with Crippen LogP contribution < -0.4 is 5.32 Å². The number of rotatable bonds is 3. The summed E-state index contributed by atoms with van der Waals surface area (Å²) in [6.07, 6.45) is 7.77. The molecule has 1 amide bonds. The summed E-state index contributed by atoms with van der Waals surface area (Å²) in [5.41, 5.74) is 2.14. The van der Waals surface area contributed by atoms with Gasteiger partial charge in [0, 0.05) is 5.39 Å². The molecule has 0 radical (unpaired) electrons. The summed E-state index contributed by atoms with van der Waals surface area (Å²) in [6.45, 7) is 1.94. The number of furan rings is 1. The van der Waals surface area contributed by atoms with E-state index in [1.54, 1.807) is 12.3 Å². The van der Waals surface area contributed by atoms with Crippen LogP contribution in [0.25, 0.3) is 11.0 Å². The van der Waals surface area contributed by atoms with E-state index in [2.05, 4.69) is 10.4 Å². The van der Waals surface area contributed by atoms with E-state index in [0.717, 1.165) is 18.5 Å². The Morgan fingerprint density at radius 2 is 2.17 bits per heavy atom. The van der Waals surface area contributed by atoms with Crippen molar-refractivity contribution in [2.24, 2.45) is 0 Å². The molecule has 0 saturated heterocycles. The van der Waals surface area contributed by atoms with Crippen LogP contribution in [-0.2, 0) is 0 Å². The molecule has 0 atom stereocenters. The number of carbonyl (C=O) groups is 1. The highest BCUT2D eigenvalue weighted by Crippen LogP contribution is 2.32. The van der Waals surface area contributed by atoms with E-state index in [1.165, 1.54) is 31.2 Å². The largest absolute Gasteiger partial charge is 0.464 e. The molecule has 2 aromatic heterocycles. The summed E-state index contributed by atoms with van der Waals surface area (Å²) in [5.74, 6) is -0.865. The molecule has 4 rings (SSSR count). The van der Waals surface area contributed by atoms with Gasteiger partial charge in [0.15, 0.2) is 0 Å². The number of aromatic nitrogens is 2. The van der Waals surface area contributed by atoms with Crippen molar-refractivity contribution in [1.29, 1.82) is 0 Å². The van der Waals surface area contributed by atoms with Crippen LogP contribution in [0.5, 0.6) is 0 Å². The fourth-order valence-electron chi connectivity index (χ4n) is 3.47. The van der Waals surface area contributed by atoms with E-state index in [0.29, 0.717) is 22.7 Å². The number of hydrogen-bond donors (Lipinski definition) is 1. The number of carbonyl (C=O) groups excluding carboxylic acids is 1. The van der Waals surface area contributed by atoms with Gasteiger partial charge < -0.3 is 9.73 Å². The number of amides is 1. The molecule has 6 heteroatoms. The van der Waals surface area contributed by atoms with Gasteiger partial charge in [0.2, 0.25) is 0 Å². The van der Waals surface area contributed by atoms with Crippen LogP contribution in [0.1, 0.15) is 47.8 Å². The van der Waals surface area contributed by atoms with Gasteiger partial charge in [-0.1, -0.05) is 12.8 Å². The monoisotopic (exact) mass is 327 g/mol. The molecule has 2 heterocycles. The van der Waals surface area contributed by atoms with E-state index >= 15 is 0 Å². The Hall–Kier alpha value is -2.63. The minimum absolute atomic E-state index is 0.183. The number of anilines is 1. The summed E-state index contributed by atoms with van der Waals surface area (Å²) in [6, 6.07) is 4.58. The molecule has 0 unspecified atom stereocenters. The summed E-state index contributed by atoms with van der Waals surface area (Å²) in [4.78, 5) is 12.6. The average Bonchev–Trinajstić information content (AvgIpc) is 3.28. The zero-order chi connectivity index (χ0) is 16.7. The van der Waals surface area contributed by atoms with E-state index < -0.39 is 11.7 Å². The molecule has 1 aromatic carbocycles. The van der Waals surface area contributed by atoms with Gasteiger partial charge in [-0.05, 0) is 38.0 Å². The molecular formula is C18H18FN3O2. The molecule has 1 aliphatic carbocycles. The van der Waals surface area contributed by atoms with Gasteiger partial charge in [0.25, 0.3) is 5.91 Å². The second-order valence-corrected chi connectivity index (χ2v) is 6.27. The molecule has 0 bridgehead atoms. The van der Waals surface area contributed by atoms with Crippen LogP contribution in [0.2, 0.25) is 0 Å². The minimum atomic E-state index is -0.465. The molecular weight excluding hydrogens is 309 g/mol. The van der Waals surface area contributed by atoms with Gasteiger partial charge >= 0.3 is 0 Å². The van der Waals surface area contributed by atoms with Crippen molar-refractivity contribution >= 4 is 22.6 Å². The van der Waals surface area contributed by atoms with E-state index in [4.69, 9.17) is 4.42 Å². The highest BCUT2D eigenvalue weighted by molar-refractivity contribution is 6.11. The smallest absolute Gasteiger partial charge is 0.259 e. The predicted molar refractivity (Wildman–Crippen MR) is 88.6 cm³/mol. The Morgan fingerprint density at radius 1 is 1.38 bits per heavy atom. The Morgan fingerprint density at radius 3 is 2.96 bits per heavy atom. The van der Waals surface area contributed by atoms with E-state index in [1.807, 2.05) is 11.6 Å². The van der Waals surface area contributed by atoms with Crippen molar-refractivity contribution in [3.05, 3.63) is 47.7 Å². The van der Waals surface area contributed by atoms with Gasteiger partial charge in [-0.15, -0.1) is 0 Å². The lowest BCUT2D eigenvalue weighted by atomic mass is 10.1. The molecule has 124 valence electrons. The molecule has 1 aliphatic rings. The molecule has 0 aliphatic heterocycles. The van der Waals surface area contributed by atoms with Crippen molar-refractivity contribution < 1.29 is 13.6 Å². The summed E-state index contributed by atoms with van der Waals surface area (Å²) >= 11 is 0. The Kier molecular flexibility index (Phi) is 3.59. The zero-order valence-electron chi connectivity index (χ0n) is 13.4. The fourth-order valence-corrected chi connectivity index (χ4v) is 3.47. The third kappa shape index (κ3) is 2.48. The second-order valence-electron chi connectivity index (χ2n) is 6.27. The first kappa shape index (κ1) is 14.9. The summed E-state index contributed by atoms with van der Waals surface area (Å²) < 4.78 is 21.0. The predicted octanol–water partition coefficient (Wildman–Crippen LogP) is 4.44. The summed E-state index contributed by atoms with van der Waals surface area (Å²) in [7, 11) is 0. The molecule has 0 spiro atoms. The Labute approximate surface area is 138 Å². The lowest BCUT2D eigenvalue weighted by Crippen LogP contribution is -2.14. The highest BCUT2D eigenvalue weighted by atomic mass is 19.1. The molecule has 5 nitrogen and oxygen atoms in total. The lowest BCUT2D eigenvalue weighted by molar-refractivity contribution is 0.102.